The van der Waals surface area contributed by atoms with E-state index in [1.165, 1.54) is 49.7 Å². The van der Waals surface area contributed by atoms with Gasteiger partial charge in [-0.25, -0.2) is 0 Å². The Morgan fingerprint density at radius 3 is 2.31 bits per heavy atom. The molecule has 1 aliphatic rings. The molecule has 1 saturated heterocycles. The number of ether oxygens (including phenoxy) is 2. The number of benzene rings is 2. The van der Waals surface area contributed by atoms with E-state index in [1.54, 1.807) is 36.4 Å². The fourth-order valence-corrected chi connectivity index (χ4v) is 3.75. The Kier molecular flexibility index (Phi) is 5.51. The summed E-state index contributed by atoms with van der Waals surface area (Å²) in [6.45, 7) is 0. The molecule has 0 spiro atoms. The van der Waals surface area contributed by atoms with Gasteiger partial charge < -0.3 is 19.7 Å². The van der Waals surface area contributed by atoms with Crippen molar-refractivity contribution in [3.05, 3.63) is 83.7 Å². The van der Waals surface area contributed by atoms with Crippen LogP contribution in [0.4, 0.5) is 5.69 Å². The Morgan fingerprint density at radius 1 is 0.969 bits per heavy atom. The van der Waals surface area contributed by atoms with Crippen molar-refractivity contribution >= 4 is 23.1 Å². The standard InChI is InChI=1S/C24H20N2O6/c1-31-18-8-7-15(13-19(18)32-2)22(28)20-21(14-9-11-25-12-10-14)26(24(30)23(20)29)16-5-3-4-6-17(16)27/h3-13,21,27-28H,1-2H3/b22-20-. The zero-order valence-corrected chi connectivity index (χ0v) is 17.4. The summed E-state index contributed by atoms with van der Waals surface area (Å²) in [6.07, 6.45) is 3.05. The van der Waals surface area contributed by atoms with Crippen molar-refractivity contribution in [2.24, 2.45) is 0 Å². The van der Waals surface area contributed by atoms with Crippen molar-refractivity contribution in [2.45, 2.75) is 6.04 Å². The average Bonchev–Trinajstić information content (AvgIpc) is 3.09. The molecule has 1 amide bonds. The second kappa shape index (κ2) is 8.43. The molecule has 8 heteroatoms. The molecular weight excluding hydrogens is 412 g/mol. The summed E-state index contributed by atoms with van der Waals surface area (Å²) in [7, 11) is 2.94. The molecule has 32 heavy (non-hydrogen) atoms. The highest BCUT2D eigenvalue weighted by Gasteiger charge is 2.47. The van der Waals surface area contributed by atoms with E-state index >= 15 is 0 Å². The van der Waals surface area contributed by atoms with Gasteiger partial charge >= 0.3 is 0 Å². The van der Waals surface area contributed by atoms with Crippen molar-refractivity contribution < 1.29 is 29.3 Å². The molecule has 0 bridgehead atoms. The zero-order chi connectivity index (χ0) is 22.8. The van der Waals surface area contributed by atoms with Gasteiger partial charge in [-0.05, 0) is 48.0 Å². The van der Waals surface area contributed by atoms with Crippen LogP contribution in [0.15, 0.2) is 72.6 Å². The number of ketones is 1. The summed E-state index contributed by atoms with van der Waals surface area (Å²) in [5, 5.41) is 21.5. The number of aromatic nitrogens is 1. The predicted octanol–water partition coefficient (Wildman–Crippen LogP) is 3.43. The van der Waals surface area contributed by atoms with Crippen LogP contribution in [0.2, 0.25) is 0 Å². The number of amides is 1. The summed E-state index contributed by atoms with van der Waals surface area (Å²) in [6, 6.07) is 13.2. The monoisotopic (exact) mass is 432 g/mol. The molecule has 0 aliphatic carbocycles. The van der Waals surface area contributed by atoms with E-state index in [9.17, 15) is 19.8 Å². The van der Waals surface area contributed by atoms with Crippen LogP contribution in [-0.4, -0.2) is 41.1 Å². The number of phenols is 1. The molecule has 0 saturated carbocycles. The number of anilines is 1. The van der Waals surface area contributed by atoms with Crippen LogP contribution in [0.3, 0.4) is 0 Å². The molecule has 1 fully saturated rings. The van der Waals surface area contributed by atoms with E-state index in [2.05, 4.69) is 4.98 Å². The lowest BCUT2D eigenvalue weighted by molar-refractivity contribution is -0.132. The molecule has 1 aromatic heterocycles. The summed E-state index contributed by atoms with van der Waals surface area (Å²) < 4.78 is 10.5. The highest BCUT2D eigenvalue weighted by molar-refractivity contribution is 6.51. The van der Waals surface area contributed by atoms with Crippen LogP contribution in [0.25, 0.3) is 5.76 Å². The average molecular weight is 432 g/mol. The molecule has 8 nitrogen and oxygen atoms in total. The minimum Gasteiger partial charge on any atom is -0.507 e. The number of rotatable bonds is 5. The zero-order valence-electron chi connectivity index (χ0n) is 17.4. The maximum absolute atomic E-state index is 13.1. The first-order chi connectivity index (χ1) is 15.5. The number of hydrogen-bond donors (Lipinski definition) is 2. The Labute approximate surface area is 184 Å². The first-order valence-corrected chi connectivity index (χ1v) is 9.69. The Balaban J connectivity index is 1.95. The topological polar surface area (TPSA) is 109 Å². The lowest BCUT2D eigenvalue weighted by Crippen LogP contribution is -2.29. The SMILES string of the molecule is COc1ccc(/C(O)=C2/C(=O)C(=O)N(c3ccccc3O)C2c2ccncc2)cc1OC. The number of hydrogen-bond acceptors (Lipinski definition) is 7. The number of methoxy groups -OCH3 is 2. The van der Waals surface area contributed by atoms with E-state index in [0.717, 1.165) is 0 Å². The van der Waals surface area contributed by atoms with Gasteiger partial charge in [0, 0.05) is 18.0 Å². The third kappa shape index (κ3) is 3.41. The van der Waals surface area contributed by atoms with Crippen LogP contribution in [0.1, 0.15) is 17.2 Å². The van der Waals surface area contributed by atoms with E-state index in [4.69, 9.17) is 9.47 Å². The number of pyridine rings is 1. The minimum atomic E-state index is -0.973. The highest BCUT2D eigenvalue weighted by Crippen LogP contribution is 2.44. The van der Waals surface area contributed by atoms with E-state index in [-0.39, 0.29) is 28.3 Å². The molecule has 0 radical (unpaired) electrons. The van der Waals surface area contributed by atoms with Gasteiger partial charge in [0.25, 0.3) is 11.7 Å². The number of phenolic OH excluding ortho intramolecular Hbond substituents is 1. The summed E-state index contributed by atoms with van der Waals surface area (Å²) in [5.74, 6) is -1.47. The van der Waals surface area contributed by atoms with Gasteiger partial charge in [0.05, 0.1) is 31.5 Å². The van der Waals surface area contributed by atoms with Crippen molar-refractivity contribution in [1.82, 2.24) is 4.98 Å². The molecule has 162 valence electrons. The second-order valence-electron chi connectivity index (χ2n) is 7.01. The molecule has 1 atom stereocenters. The van der Waals surface area contributed by atoms with Gasteiger partial charge in [-0.3, -0.25) is 19.5 Å². The normalized spacial score (nSPS) is 17.4. The van der Waals surface area contributed by atoms with Crippen LogP contribution >= 0.6 is 0 Å². The van der Waals surface area contributed by atoms with Gasteiger partial charge in [0.1, 0.15) is 11.5 Å². The second-order valence-corrected chi connectivity index (χ2v) is 7.01. The predicted molar refractivity (Wildman–Crippen MR) is 117 cm³/mol. The minimum absolute atomic E-state index is 0.114. The first-order valence-electron chi connectivity index (χ1n) is 9.69. The molecule has 1 unspecified atom stereocenters. The van der Waals surface area contributed by atoms with Crippen molar-refractivity contribution in [3.63, 3.8) is 0 Å². The van der Waals surface area contributed by atoms with Crippen molar-refractivity contribution in [1.29, 1.82) is 0 Å². The van der Waals surface area contributed by atoms with Gasteiger partial charge in [0.15, 0.2) is 11.5 Å². The number of Topliss-reactive ketones (excluding diaryl/α,β-unsaturated/α-hetero) is 1. The lowest BCUT2D eigenvalue weighted by Gasteiger charge is -2.25. The Hall–Kier alpha value is -4.33. The summed E-state index contributed by atoms with van der Waals surface area (Å²) in [4.78, 5) is 31.4. The van der Waals surface area contributed by atoms with Crippen molar-refractivity contribution in [3.8, 4) is 17.2 Å². The van der Waals surface area contributed by atoms with Gasteiger partial charge in [0.2, 0.25) is 0 Å². The van der Waals surface area contributed by atoms with Gasteiger partial charge in [-0.15, -0.1) is 0 Å². The number of para-hydroxylation sites is 2. The first kappa shape index (κ1) is 20.9. The van der Waals surface area contributed by atoms with Crippen molar-refractivity contribution in [2.75, 3.05) is 19.1 Å². The fraction of sp³-hybridized carbons (Fsp3) is 0.125. The largest absolute Gasteiger partial charge is 0.507 e. The summed E-state index contributed by atoms with van der Waals surface area (Å²) >= 11 is 0. The van der Waals surface area contributed by atoms with Crippen LogP contribution in [-0.2, 0) is 9.59 Å². The number of aromatic hydroxyl groups is 1. The molecule has 2 aromatic carbocycles. The maximum atomic E-state index is 13.1. The molecule has 4 rings (SSSR count). The summed E-state index contributed by atoms with van der Waals surface area (Å²) in [5.41, 5.74) is 0.862. The van der Waals surface area contributed by atoms with E-state index in [1.807, 2.05) is 0 Å². The Bertz CT molecular complexity index is 1220. The van der Waals surface area contributed by atoms with Crippen LogP contribution < -0.4 is 14.4 Å². The molecule has 1 aliphatic heterocycles. The lowest BCUT2D eigenvalue weighted by atomic mass is 9.95. The number of nitrogens with zero attached hydrogens (tertiary/aromatic N) is 2. The number of aliphatic hydroxyl groups excluding tert-OH is 1. The molecule has 3 aromatic rings. The smallest absolute Gasteiger partial charge is 0.300 e. The number of carbonyl (C=O) groups excluding carboxylic acids is 2. The van der Waals surface area contributed by atoms with E-state index < -0.39 is 17.7 Å². The van der Waals surface area contributed by atoms with E-state index in [0.29, 0.717) is 17.1 Å². The highest BCUT2D eigenvalue weighted by atomic mass is 16.5. The molecule has 2 heterocycles. The number of carbonyl (C=O) groups is 2. The van der Waals surface area contributed by atoms with Gasteiger partial charge in [-0.2, -0.15) is 0 Å². The molecule has 2 N–H and O–H groups in total. The van der Waals surface area contributed by atoms with Crippen LogP contribution in [0.5, 0.6) is 17.2 Å². The third-order valence-electron chi connectivity index (χ3n) is 5.26. The van der Waals surface area contributed by atoms with Gasteiger partial charge in [-0.1, -0.05) is 12.1 Å². The quantitative estimate of drug-likeness (QED) is 0.361. The Morgan fingerprint density at radius 2 is 1.66 bits per heavy atom. The fourth-order valence-electron chi connectivity index (χ4n) is 3.75. The maximum Gasteiger partial charge on any atom is 0.300 e. The number of aliphatic hydroxyl groups is 1. The van der Waals surface area contributed by atoms with Crippen LogP contribution in [0, 0.1) is 0 Å². The third-order valence-corrected chi connectivity index (χ3v) is 5.26. The molecular formula is C24H20N2O6.